The first-order valence-electron chi connectivity index (χ1n) is 6.83. The van der Waals surface area contributed by atoms with Gasteiger partial charge in [0.2, 0.25) is 5.91 Å². The van der Waals surface area contributed by atoms with E-state index in [-0.39, 0.29) is 5.91 Å². The molecule has 0 aromatic heterocycles. The van der Waals surface area contributed by atoms with Crippen molar-refractivity contribution in [2.45, 2.75) is 26.4 Å². The standard InChI is InChI=1S/C17H16BNO/c1-12-8-13(6-7-16(12)18)9-17(20)19-10-14-4-2-3-5-15(14)11-19/h2-8H,9-11H2,1H3. The van der Waals surface area contributed by atoms with E-state index < -0.39 is 0 Å². The zero-order valence-corrected chi connectivity index (χ0v) is 11.6. The van der Waals surface area contributed by atoms with E-state index in [1.165, 1.54) is 11.1 Å². The fourth-order valence-corrected chi connectivity index (χ4v) is 2.64. The number of carbonyl (C=O) groups is 1. The van der Waals surface area contributed by atoms with E-state index in [0.717, 1.165) is 29.7 Å². The highest BCUT2D eigenvalue weighted by Gasteiger charge is 2.22. The maximum Gasteiger partial charge on any atom is 0.227 e. The third kappa shape index (κ3) is 2.48. The second-order valence-corrected chi connectivity index (χ2v) is 5.39. The van der Waals surface area contributed by atoms with Crippen LogP contribution in [0.5, 0.6) is 0 Å². The highest BCUT2D eigenvalue weighted by Crippen LogP contribution is 2.22. The van der Waals surface area contributed by atoms with Gasteiger partial charge in [0, 0.05) is 13.1 Å². The molecule has 98 valence electrons. The van der Waals surface area contributed by atoms with Crippen molar-refractivity contribution in [2.75, 3.05) is 0 Å². The SMILES string of the molecule is [B]c1ccc(CC(=O)N2Cc3ccccc3C2)cc1C. The Hall–Kier alpha value is -2.03. The normalized spacial score (nSPS) is 13.3. The van der Waals surface area contributed by atoms with Crippen molar-refractivity contribution in [1.29, 1.82) is 0 Å². The Morgan fingerprint density at radius 3 is 2.40 bits per heavy atom. The van der Waals surface area contributed by atoms with E-state index in [1.807, 2.05) is 42.2 Å². The second-order valence-electron chi connectivity index (χ2n) is 5.39. The van der Waals surface area contributed by atoms with Crippen molar-refractivity contribution < 1.29 is 4.79 Å². The van der Waals surface area contributed by atoms with Crippen LogP contribution in [0.2, 0.25) is 0 Å². The maximum absolute atomic E-state index is 12.4. The van der Waals surface area contributed by atoms with Crippen molar-refractivity contribution >= 4 is 19.2 Å². The molecule has 0 unspecified atom stereocenters. The Labute approximate surface area is 120 Å². The number of carbonyl (C=O) groups excluding carboxylic acids is 1. The number of hydrogen-bond donors (Lipinski definition) is 0. The lowest BCUT2D eigenvalue weighted by atomic mass is 9.89. The van der Waals surface area contributed by atoms with Gasteiger partial charge in [-0.15, -0.1) is 0 Å². The van der Waals surface area contributed by atoms with E-state index in [2.05, 4.69) is 12.1 Å². The van der Waals surface area contributed by atoms with Crippen LogP contribution >= 0.6 is 0 Å². The minimum atomic E-state index is 0.172. The van der Waals surface area contributed by atoms with Crippen LogP contribution in [0.25, 0.3) is 0 Å². The molecule has 2 aromatic rings. The molecular weight excluding hydrogens is 245 g/mol. The molecule has 0 atom stereocenters. The summed E-state index contributed by atoms with van der Waals surface area (Å²) in [5, 5.41) is 0. The fraction of sp³-hybridized carbons (Fsp3) is 0.235. The third-order valence-corrected chi connectivity index (χ3v) is 3.88. The van der Waals surface area contributed by atoms with Crippen LogP contribution in [-0.4, -0.2) is 18.7 Å². The lowest BCUT2D eigenvalue weighted by Gasteiger charge is -2.16. The number of fused-ring (bicyclic) bond motifs is 1. The van der Waals surface area contributed by atoms with Crippen molar-refractivity contribution in [2.24, 2.45) is 0 Å². The third-order valence-electron chi connectivity index (χ3n) is 3.88. The fourth-order valence-electron chi connectivity index (χ4n) is 2.64. The van der Waals surface area contributed by atoms with Gasteiger partial charge in [-0.3, -0.25) is 4.79 Å². The predicted molar refractivity (Wildman–Crippen MR) is 81.0 cm³/mol. The Morgan fingerprint density at radius 1 is 1.15 bits per heavy atom. The molecule has 1 amide bonds. The van der Waals surface area contributed by atoms with Crippen LogP contribution in [-0.2, 0) is 24.3 Å². The molecule has 0 bridgehead atoms. The van der Waals surface area contributed by atoms with E-state index in [0.29, 0.717) is 6.42 Å². The molecule has 3 rings (SSSR count). The molecule has 2 aromatic carbocycles. The van der Waals surface area contributed by atoms with Crippen LogP contribution < -0.4 is 5.46 Å². The lowest BCUT2D eigenvalue weighted by Crippen LogP contribution is -2.27. The Morgan fingerprint density at radius 2 is 1.80 bits per heavy atom. The van der Waals surface area contributed by atoms with E-state index in [9.17, 15) is 4.79 Å². The quantitative estimate of drug-likeness (QED) is 0.756. The van der Waals surface area contributed by atoms with Crippen LogP contribution in [0.4, 0.5) is 0 Å². The predicted octanol–water partition coefficient (Wildman–Crippen LogP) is 1.87. The minimum absolute atomic E-state index is 0.172. The second kappa shape index (κ2) is 5.16. The number of hydrogen-bond acceptors (Lipinski definition) is 1. The highest BCUT2D eigenvalue weighted by atomic mass is 16.2. The van der Waals surface area contributed by atoms with Crippen molar-refractivity contribution in [3.8, 4) is 0 Å². The Bertz CT molecular complexity index is 641. The smallest absolute Gasteiger partial charge is 0.227 e. The molecule has 1 aliphatic rings. The van der Waals surface area contributed by atoms with Gasteiger partial charge in [-0.05, 0) is 23.6 Å². The number of benzene rings is 2. The number of nitrogens with zero attached hydrogens (tertiary/aromatic N) is 1. The molecule has 0 aliphatic carbocycles. The first kappa shape index (κ1) is 13.0. The molecule has 2 nitrogen and oxygen atoms in total. The first-order chi connectivity index (χ1) is 9.63. The summed E-state index contributed by atoms with van der Waals surface area (Å²) in [6.07, 6.45) is 0.440. The van der Waals surface area contributed by atoms with E-state index in [1.54, 1.807) is 0 Å². The summed E-state index contributed by atoms with van der Waals surface area (Å²) >= 11 is 0. The van der Waals surface area contributed by atoms with Gasteiger partial charge in [0.25, 0.3) is 0 Å². The molecule has 1 aliphatic heterocycles. The summed E-state index contributed by atoms with van der Waals surface area (Å²) in [4.78, 5) is 14.3. The highest BCUT2D eigenvalue weighted by molar-refractivity contribution is 6.33. The molecule has 0 saturated carbocycles. The number of rotatable bonds is 2. The van der Waals surface area contributed by atoms with Crippen molar-refractivity contribution in [1.82, 2.24) is 4.90 Å². The average Bonchev–Trinajstić information content (AvgIpc) is 2.87. The molecule has 0 N–H and O–H groups in total. The van der Waals surface area contributed by atoms with Gasteiger partial charge in [-0.25, -0.2) is 0 Å². The van der Waals surface area contributed by atoms with Gasteiger partial charge in [0.05, 0.1) is 6.42 Å². The molecule has 2 radical (unpaired) electrons. The van der Waals surface area contributed by atoms with Crippen molar-refractivity contribution in [3.63, 3.8) is 0 Å². The molecule has 0 spiro atoms. The maximum atomic E-state index is 12.4. The van der Waals surface area contributed by atoms with Gasteiger partial charge in [-0.2, -0.15) is 0 Å². The van der Waals surface area contributed by atoms with Gasteiger partial charge < -0.3 is 4.90 Å². The molecular formula is C17H16BNO. The molecule has 20 heavy (non-hydrogen) atoms. The van der Waals surface area contributed by atoms with Crippen LogP contribution in [0, 0.1) is 6.92 Å². The summed E-state index contributed by atoms with van der Waals surface area (Å²) < 4.78 is 0. The topological polar surface area (TPSA) is 20.3 Å². The first-order valence-corrected chi connectivity index (χ1v) is 6.83. The van der Waals surface area contributed by atoms with Gasteiger partial charge in [0.1, 0.15) is 7.85 Å². The van der Waals surface area contributed by atoms with E-state index in [4.69, 9.17) is 7.85 Å². The summed E-state index contributed by atoms with van der Waals surface area (Å²) in [7, 11) is 5.80. The Kier molecular flexibility index (Phi) is 3.35. The lowest BCUT2D eigenvalue weighted by molar-refractivity contribution is -0.131. The molecule has 3 heteroatoms. The Balaban J connectivity index is 1.71. The molecule has 0 saturated heterocycles. The van der Waals surface area contributed by atoms with Crippen LogP contribution in [0.1, 0.15) is 22.3 Å². The minimum Gasteiger partial charge on any atom is -0.334 e. The van der Waals surface area contributed by atoms with E-state index >= 15 is 0 Å². The largest absolute Gasteiger partial charge is 0.334 e. The van der Waals surface area contributed by atoms with Crippen LogP contribution in [0.15, 0.2) is 42.5 Å². The number of aryl methyl sites for hydroxylation is 1. The van der Waals surface area contributed by atoms with Crippen molar-refractivity contribution in [3.05, 3.63) is 64.7 Å². The monoisotopic (exact) mass is 261 g/mol. The molecule has 0 fully saturated rings. The summed E-state index contributed by atoms with van der Waals surface area (Å²) in [6, 6.07) is 14.0. The van der Waals surface area contributed by atoms with Gasteiger partial charge >= 0.3 is 0 Å². The molecule has 1 heterocycles. The summed E-state index contributed by atoms with van der Waals surface area (Å²) in [5.41, 5.74) is 5.34. The van der Waals surface area contributed by atoms with Crippen LogP contribution in [0.3, 0.4) is 0 Å². The number of amides is 1. The average molecular weight is 261 g/mol. The van der Waals surface area contributed by atoms with Gasteiger partial charge in [-0.1, -0.05) is 53.5 Å². The summed E-state index contributed by atoms with van der Waals surface area (Å²) in [6.45, 7) is 3.42. The zero-order chi connectivity index (χ0) is 14.1. The zero-order valence-electron chi connectivity index (χ0n) is 11.6. The van der Waals surface area contributed by atoms with Gasteiger partial charge in [0.15, 0.2) is 0 Å². The summed E-state index contributed by atoms with van der Waals surface area (Å²) in [5.74, 6) is 0.172.